The maximum atomic E-state index is 6.16. The van der Waals surface area contributed by atoms with Gasteiger partial charge in [-0.3, -0.25) is 4.90 Å². The van der Waals surface area contributed by atoms with Crippen molar-refractivity contribution in [2.24, 2.45) is 0 Å². The van der Waals surface area contributed by atoms with Gasteiger partial charge >= 0.3 is 0 Å². The third-order valence-electron chi connectivity index (χ3n) is 4.84. The highest BCUT2D eigenvalue weighted by atomic mass is 32.1. The van der Waals surface area contributed by atoms with E-state index >= 15 is 0 Å². The number of nitrogens with two attached hydrogens (primary N) is 1. The van der Waals surface area contributed by atoms with Gasteiger partial charge in [0.25, 0.3) is 0 Å². The summed E-state index contributed by atoms with van der Waals surface area (Å²) in [5.41, 5.74) is 7.76. The van der Waals surface area contributed by atoms with Gasteiger partial charge in [0.05, 0.1) is 11.9 Å². The van der Waals surface area contributed by atoms with Gasteiger partial charge < -0.3 is 15.1 Å². The topological polar surface area (TPSA) is 97.2 Å². The maximum Gasteiger partial charge on any atom is 0.231 e. The molecule has 3 aromatic heterocycles. The van der Waals surface area contributed by atoms with E-state index in [9.17, 15) is 0 Å². The van der Waals surface area contributed by atoms with Crippen LogP contribution in [0.5, 0.6) is 0 Å². The third-order valence-corrected chi connectivity index (χ3v) is 5.71. The molecule has 0 atom stereocenters. The normalized spacial score (nSPS) is 16.3. The molecule has 2 N–H and O–H groups in total. The Labute approximate surface area is 156 Å². The smallest absolute Gasteiger partial charge is 0.231 e. The Bertz CT molecular complexity index is 935. The minimum Gasteiger partial charge on any atom is -0.443 e. The summed E-state index contributed by atoms with van der Waals surface area (Å²) in [7, 11) is 0. The summed E-state index contributed by atoms with van der Waals surface area (Å²) in [6.07, 6.45) is 1.06. The zero-order valence-electron chi connectivity index (χ0n) is 15.3. The highest BCUT2D eigenvalue weighted by Gasteiger charge is 2.20. The Kier molecular flexibility index (Phi) is 4.49. The molecule has 4 rings (SSSR count). The van der Waals surface area contributed by atoms with Crippen molar-refractivity contribution < 1.29 is 4.42 Å². The molecule has 0 spiro atoms. The number of aryl methyl sites for hydroxylation is 3. The Hall–Kier alpha value is -2.26. The maximum absolute atomic E-state index is 6.16. The fourth-order valence-electron chi connectivity index (χ4n) is 3.33. The van der Waals surface area contributed by atoms with Crippen molar-refractivity contribution in [3.8, 4) is 0 Å². The van der Waals surface area contributed by atoms with E-state index in [1.54, 1.807) is 0 Å². The number of hydrogen-bond acceptors (Lipinski definition) is 9. The molecular formula is C17H23N7OS. The first kappa shape index (κ1) is 17.2. The molecule has 1 saturated heterocycles. The summed E-state index contributed by atoms with van der Waals surface area (Å²) < 4.78 is 10.0. The Morgan fingerprint density at radius 3 is 2.69 bits per heavy atom. The van der Waals surface area contributed by atoms with Crippen LogP contribution in [0.1, 0.15) is 29.4 Å². The Morgan fingerprint density at radius 1 is 1.08 bits per heavy atom. The van der Waals surface area contributed by atoms with E-state index in [1.165, 1.54) is 11.5 Å². The van der Waals surface area contributed by atoms with E-state index < -0.39 is 0 Å². The van der Waals surface area contributed by atoms with Gasteiger partial charge in [-0.1, -0.05) is 0 Å². The molecule has 0 bridgehead atoms. The standard InChI is InChI=1S/C17H23N7OS/c1-10-11(2)25-16-14(10)15(18)20-13(21-16)9-23-5-4-6-24(8-7-23)17-19-12(3)22-26-17/h4-9H2,1-3H3,(H2,18,20,21). The van der Waals surface area contributed by atoms with E-state index in [2.05, 4.69) is 29.1 Å². The molecular weight excluding hydrogens is 350 g/mol. The average molecular weight is 373 g/mol. The quantitative estimate of drug-likeness (QED) is 0.747. The van der Waals surface area contributed by atoms with Crippen LogP contribution in [-0.2, 0) is 6.54 Å². The zero-order valence-corrected chi connectivity index (χ0v) is 16.1. The molecule has 0 amide bonds. The van der Waals surface area contributed by atoms with Crippen molar-refractivity contribution in [3.05, 3.63) is 23.0 Å². The number of anilines is 2. The lowest BCUT2D eigenvalue weighted by atomic mass is 10.2. The third kappa shape index (κ3) is 3.24. The van der Waals surface area contributed by atoms with Gasteiger partial charge in [-0.15, -0.1) is 0 Å². The summed E-state index contributed by atoms with van der Waals surface area (Å²) in [5.74, 6) is 2.90. The molecule has 9 heteroatoms. The highest BCUT2D eigenvalue weighted by molar-refractivity contribution is 7.09. The molecule has 0 radical (unpaired) electrons. The molecule has 8 nitrogen and oxygen atoms in total. The zero-order chi connectivity index (χ0) is 18.3. The van der Waals surface area contributed by atoms with Crippen LogP contribution in [0.4, 0.5) is 10.9 Å². The summed E-state index contributed by atoms with van der Waals surface area (Å²) in [4.78, 5) is 18.3. The molecule has 0 unspecified atom stereocenters. The molecule has 0 aromatic carbocycles. The molecule has 1 fully saturated rings. The van der Waals surface area contributed by atoms with Gasteiger partial charge in [-0.2, -0.15) is 9.36 Å². The molecule has 138 valence electrons. The second-order valence-corrected chi connectivity index (χ2v) is 7.46. The van der Waals surface area contributed by atoms with Crippen LogP contribution in [0.2, 0.25) is 0 Å². The minimum absolute atomic E-state index is 0.500. The number of nitrogens with zero attached hydrogens (tertiary/aromatic N) is 6. The van der Waals surface area contributed by atoms with E-state index in [0.717, 1.165) is 60.3 Å². The first-order valence-electron chi connectivity index (χ1n) is 8.81. The van der Waals surface area contributed by atoms with Crippen molar-refractivity contribution in [3.63, 3.8) is 0 Å². The lowest BCUT2D eigenvalue weighted by molar-refractivity contribution is 0.278. The molecule has 4 heterocycles. The van der Waals surface area contributed by atoms with E-state index in [1.807, 2.05) is 20.8 Å². The van der Waals surface area contributed by atoms with Crippen molar-refractivity contribution in [1.82, 2.24) is 24.2 Å². The number of rotatable bonds is 3. The number of hydrogen-bond donors (Lipinski definition) is 1. The van der Waals surface area contributed by atoms with Gasteiger partial charge in [0.15, 0.2) is 0 Å². The molecule has 1 aliphatic rings. The van der Waals surface area contributed by atoms with Crippen LogP contribution in [0, 0.1) is 20.8 Å². The van der Waals surface area contributed by atoms with Crippen molar-refractivity contribution in [2.75, 3.05) is 36.8 Å². The summed E-state index contributed by atoms with van der Waals surface area (Å²) in [6, 6.07) is 0. The lowest BCUT2D eigenvalue weighted by Gasteiger charge is -2.20. The van der Waals surface area contributed by atoms with Crippen LogP contribution < -0.4 is 10.6 Å². The van der Waals surface area contributed by atoms with Gasteiger partial charge in [-0.25, -0.2) is 9.97 Å². The SMILES string of the molecule is Cc1nsc(N2CCCN(Cc3nc(N)c4c(C)c(C)oc4n3)CC2)n1. The molecule has 1 aliphatic heterocycles. The predicted molar refractivity (Wildman–Crippen MR) is 102 cm³/mol. The Balaban J connectivity index is 1.48. The van der Waals surface area contributed by atoms with Crippen LogP contribution in [0.3, 0.4) is 0 Å². The van der Waals surface area contributed by atoms with Gasteiger partial charge in [0.2, 0.25) is 10.8 Å². The monoisotopic (exact) mass is 373 g/mol. The molecule has 0 saturated carbocycles. The summed E-state index contributed by atoms with van der Waals surface area (Å²) in [6.45, 7) is 10.3. The minimum atomic E-state index is 0.500. The van der Waals surface area contributed by atoms with Gasteiger partial charge in [-0.05, 0) is 27.2 Å². The van der Waals surface area contributed by atoms with Crippen molar-refractivity contribution >= 4 is 33.6 Å². The average Bonchev–Trinajstić information content (AvgIpc) is 3.04. The number of furan rings is 1. The largest absolute Gasteiger partial charge is 0.443 e. The van der Waals surface area contributed by atoms with E-state index in [0.29, 0.717) is 23.9 Å². The van der Waals surface area contributed by atoms with Crippen molar-refractivity contribution in [1.29, 1.82) is 0 Å². The number of nitrogen functional groups attached to an aromatic ring is 1. The lowest BCUT2D eigenvalue weighted by Crippen LogP contribution is -2.31. The fourth-order valence-corrected chi connectivity index (χ4v) is 4.06. The number of aromatic nitrogens is 4. The second-order valence-electron chi connectivity index (χ2n) is 6.73. The van der Waals surface area contributed by atoms with E-state index in [-0.39, 0.29) is 0 Å². The molecule has 0 aliphatic carbocycles. The van der Waals surface area contributed by atoms with Crippen LogP contribution >= 0.6 is 11.5 Å². The molecule has 26 heavy (non-hydrogen) atoms. The Morgan fingerprint density at radius 2 is 1.92 bits per heavy atom. The van der Waals surface area contributed by atoms with E-state index in [4.69, 9.17) is 10.2 Å². The van der Waals surface area contributed by atoms with Crippen LogP contribution in [-0.4, -0.2) is 50.4 Å². The predicted octanol–water partition coefficient (Wildman–Crippen LogP) is 2.29. The first-order chi connectivity index (χ1) is 12.5. The number of fused-ring (bicyclic) bond motifs is 1. The highest BCUT2D eigenvalue weighted by Crippen LogP contribution is 2.27. The summed E-state index contributed by atoms with van der Waals surface area (Å²) in [5, 5.41) is 1.84. The second kappa shape index (κ2) is 6.81. The van der Waals surface area contributed by atoms with Gasteiger partial charge in [0, 0.05) is 43.3 Å². The summed E-state index contributed by atoms with van der Waals surface area (Å²) >= 11 is 1.47. The van der Waals surface area contributed by atoms with Crippen LogP contribution in [0.15, 0.2) is 4.42 Å². The van der Waals surface area contributed by atoms with Crippen molar-refractivity contribution in [2.45, 2.75) is 33.7 Å². The van der Waals surface area contributed by atoms with Crippen LogP contribution in [0.25, 0.3) is 11.1 Å². The first-order valence-corrected chi connectivity index (χ1v) is 9.58. The molecule has 3 aromatic rings. The fraction of sp³-hybridized carbons (Fsp3) is 0.529. The van der Waals surface area contributed by atoms with Gasteiger partial charge in [0.1, 0.15) is 23.2 Å².